The smallest absolute Gasteiger partial charge is 0.328 e. The fourth-order valence-electron chi connectivity index (χ4n) is 2.21. The zero-order chi connectivity index (χ0) is 13.7. The van der Waals surface area contributed by atoms with Crippen LogP contribution in [-0.4, -0.2) is 66.7 Å². The summed E-state index contributed by atoms with van der Waals surface area (Å²) in [5.74, 6) is -0.563. The molecular weight excluding hydrogens is 234 g/mol. The molecule has 0 aromatic carbocycles. The van der Waals surface area contributed by atoms with Crippen molar-refractivity contribution < 1.29 is 14.7 Å². The highest BCUT2D eigenvalue weighted by molar-refractivity contribution is 5.80. The summed E-state index contributed by atoms with van der Waals surface area (Å²) in [6, 6.07) is 0.242. The first-order valence-corrected chi connectivity index (χ1v) is 6.00. The normalized spacial score (nSPS) is 23.9. The number of urea groups is 1. The summed E-state index contributed by atoms with van der Waals surface area (Å²) in [6.45, 7) is 3.81. The first-order valence-electron chi connectivity index (χ1n) is 6.00. The van der Waals surface area contributed by atoms with E-state index in [1.54, 1.807) is 4.90 Å². The second kappa shape index (κ2) is 6.39. The van der Waals surface area contributed by atoms with E-state index in [4.69, 9.17) is 5.11 Å². The predicted octanol–water partition coefficient (Wildman–Crippen LogP) is 0.219. The number of carbonyl (C=O) groups excluding carboxylic acids is 1. The molecule has 1 saturated heterocycles. The highest BCUT2D eigenvalue weighted by atomic mass is 16.4. The third-order valence-electron chi connectivity index (χ3n) is 3.15. The van der Waals surface area contributed by atoms with Gasteiger partial charge in [0.25, 0.3) is 0 Å². The van der Waals surface area contributed by atoms with Crippen molar-refractivity contribution in [2.45, 2.75) is 13.0 Å². The maximum absolute atomic E-state index is 11.8. The van der Waals surface area contributed by atoms with Gasteiger partial charge in [-0.2, -0.15) is 0 Å². The first kappa shape index (κ1) is 14.5. The maximum atomic E-state index is 11.8. The molecule has 0 saturated carbocycles. The number of likely N-dealkylation sites (N-methyl/N-ethyl adjacent to an activating group) is 1. The molecule has 0 aliphatic carbocycles. The molecule has 6 nitrogen and oxygen atoms in total. The molecule has 2 atom stereocenters. The molecule has 1 heterocycles. The maximum Gasteiger partial charge on any atom is 0.328 e. The van der Waals surface area contributed by atoms with Gasteiger partial charge in [-0.25, -0.2) is 9.59 Å². The van der Waals surface area contributed by atoms with Gasteiger partial charge in [-0.05, 0) is 20.0 Å². The summed E-state index contributed by atoms with van der Waals surface area (Å²) in [7, 11) is 4.02. The van der Waals surface area contributed by atoms with E-state index >= 15 is 0 Å². The van der Waals surface area contributed by atoms with E-state index in [1.807, 2.05) is 14.1 Å². The molecule has 1 fully saturated rings. The molecule has 0 spiro atoms. The fourth-order valence-corrected chi connectivity index (χ4v) is 2.21. The van der Waals surface area contributed by atoms with E-state index in [0.29, 0.717) is 18.5 Å². The fraction of sp³-hybridized carbons (Fsp3) is 0.667. The number of carbonyl (C=O) groups is 2. The molecule has 2 amide bonds. The Kier molecular flexibility index (Phi) is 5.15. The largest absolute Gasteiger partial charge is 0.478 e. The van der Waals surface area contributed by atoms with Crippen molar-refractivity contribution in [3.8, 4) is 0 Å². The number of hydrogen-bond donors (Lipinski definition) is 2. The van der Waals surface area contributed by atoms with Crippen molar-refractivity contribution in [2.75, 3.05) is 33.7 Å². The molecule has 1 aliphatic heterocycles. The summed E-state index contributed by atoms with van der Waals surface area (Å²) in [4.78, 5) is 26.0. The lowest BCUT2D eigenvalue weighted by Gasteiger charge is -2.22. The summed E-state index contributed by atoms with van der Waals surface area (Å²) < 4.78 is 0. The van der Waals surface area contributed by atoms with E-state index in [-0.39, 0.29) is 12.6 Å². The summed E-state index contributed by atoms with van der Waals surface area (Å²) in [6.07, 6.45) is 2.44. The number of nitrogens with one attached hydrogen (secondary N) is 1. The SMILES string of the molecule is CC1CN(C(=O)NC/C=C/C(=O)O)CC1N(C)C. The second-order valence-corrected chi connectivity index (χ2v) is 4.84. The molecule has 0 aromatic rings. The van der Waals surface area contributed by atoms with Crippen LogP contribution in [0.25, 0.3) is 0 Å². The molecule has 0 aromatic heterocycles. The van der Waals surface area contributed by atoms with Gasteiger partial charge in [0.2, 0.25) is 0 Å². The number of amides is 2. The molecule has 1 aliphatic rings. The van der Waals surface area contributed by atoms with E-state index < -0.39 is 5.97 Å². The number of likely N-dealkylation sites (tertiary alicyclic amines) is 1. The van der Waals surface area contributed by atoms with E-state index in [1.165, 1.54) is 6.08 Å². The molecule has 6 heteroatoms. The van der Waals surface area contributed by atoms with Crippen LogP contribution < -0.4 is 5.32 Å². The Morgan fingerprint density at radius 3 is 2.61 bits per heavy atom. The number of carboxylic acids is 1. The molecule has 18 heavy (non-hydrogen) atoms. The van der Waals surface area contributed by atoms with Crippen LogP contribution in [0.4, 0.5) is 4.79 Å². The molecule has 1 rings (SSSR count). The highest BCUT2D eigenvalue weighted by Gasteiger charge is 2.33. The third-order valence-corrected chi connectivity index (χ3v) is 3.15. The molecule has 2 N–H and O–H groups in total. The lowest BCUT2D eigenvalue weighted by molar-refractivity contribution is -0.131. The van der Waals surface area contributed by atoms with Gasteiger partial charge in [0, 0.05) is 31.8 Å². The van der Waals surface area contributed by atoms with Gasteiger partial charge in [0.1, 0.15) is 0 Å². The van der Waals surface area contributed by atoms with Gasteiger partial charge in [-0.3, -0.25) is 0 Å². The number of rotatable bonds is 4. The third kappa shape index (κ3) is 4.03. The van der Waals surface area contributed by atoms with Gasteiger partial charge >= 0.3 is 12.0 Å². The summed E-state index contributed by atoms with van der Waals surface area (Å²) in [5, 5.41) is 11.1. The minimum atomic E-state index is -1.01. The van der Waals surface area contributed by atoms with Crippen molar-refractivity contribution >= 4 is 12.0 Å². The molecule has 0 radical (unpaired) electrons. The Labute approximate surface area is 107 Å². The lowest BCUT2D eigenvalue weighted by atomic mass is 10.1. The quantitative estimate of drug-likeness (QED) is 0.705. The van der Waals surface area contributed by atoms with Gasteiger partial charge in [0.15, 0.2) is 0 Å². The van der Waals surface area contributed by atoms with E-state index in [2.05, 4.69) is 17.1 Å². The van der Waals surface area contributed by atoms with Crippen molar-refractivity contribution in [1.29, 1.82) is 0 Å². The molecule has 0 bridgehead atoms. The van der Waals surface area contributed by atoms with Crippen LogP contribution >= 0.6 is 0 Å². The highest BCUT2D eigenvalue weighted by Crippen LogP contribution is 2.19. The second-order valence-electron chi connectivity index (χ2n) is 4.84. The first-order chi connectivity index (χ1) is 8.41. The number of hydrogen-bond acceptors (Lipinski definition) is 3. The van der Waals surface area contributed by atoms with Crippen molar-refractivity contribution in [3.63, 3.8) is 0 Å². The minimum absolute atomic E-state index is 0.138. The van der Waals surface area contributed by atoms with E-state index in [0.717, 1.165) is 12.6 Å². The summed E-state index contributed by atoms with van der Waals surface area (Å²) >= 11 is 0. The van der Waals surface area contributed by atoms with Crippen LogP contribution in [0, 0.1) is 5.92 Å². The van der Waals surface area contributed by atoms with E-state index in [9.17, 15) is 9.59 Å². The Bertz CT molecular complexity index is 341. The average Bonchev–Trinajstić information content (AvgIpc) is 2.66. The van der Waals surface area contributed by atoms with Crippen molar-refractivity contribution in [2.24, 2.45) is 5.92 Å². The van der Waals surface area contributed by atoms with Gasteiger partial charge in [0.05, 0.1) is 0 Å². The minimum Gasteiger partial charge on any atom is -0.478 e. The predicted molar refractivity (Wildman–Crippen MR) is 68.4 cm³/mol. The Morgan fingerprint density at radius 2 is 2.11 bits per heavy atom. The Balaban J connectivity index is 2.38. The molecular formula is C12H21N3O3. The Morgan fingerprint density at radius 1 is 1.44 bits per heavy atom. The number of aliphatic carboxylic acids is 1. The van der Waals surface area contributed by atoms with Gasteiger partial charge < -0.3 is 20.2 Å². The monoisotopic (exact) mass is 255 g/mol. The average molecular weight is 255 g/mol. The lowest BCUT2D eigenvalue weighted by Crippen LogP contribution is -2.40. The van der Waals surface area contributed by atoms with Crippen LogP contribution in [0.5, 0.6) is 0 Å². The molecule has 2 unspecified atom stereocenters. The van der Waals surface area contributed by atoms with Crippen LogP contribution in [0.2, 0.25) is 0 Å². The van der Waals surface area contributed by atoms with Crippen LogP contribution in [0.3, 0.4) is 0 Å². The van der Waals surface area contributed by atoms with Crippen molar-refractivity contribution in [1.82, 2.24) is 15.1 Å². The zero-order valence-electron chi connectivity index (χ0n) is 11.1. The number of nitrogens with zero attached hydrogens (tertiary/aromatic N) is 2. The molecule has 102 valence electrons. The van der Waals surface area contributed by atoms with Crippen LogP contribution in [0.1, 0.15) is 6.92 Å². The van der Waals surface area contributed by atoms with Crippen LogP contribution in [-0.2, 0) is 4.79 Å². The number of carboxylic acid groups (broad SMARTS) is 1. The Hall–Kier alpha value is -1.56. The topological polar surface area (TPSA) is 72.9 Å². The van der Waals surface area contributed by atoms with Crippen molar-refractivity contribution in [3.05, 3.63) is 12.2 Å². The van der Waals surface area contributed by atoms with Gasteiger partial charge in [-0.1, -0.05) is 13.0 Å². The zero-order valence-corrected chi connectivity index (χ0v) is 11.1. The van der Waals surface area contributed by atoms with Crippen LogP contribution in [0.15, 0.2) is 12.2 Å². The summed E-state index contributed by atoms with van der Waals surface area (Å²) in [5.41, 5.74) is 0. The standard InChI is InChI=1S/C12H21N3O3/c1-9-7-15(8-10(9)14(2)3)12(18)13-6-4-5-11(16)17/h4-5,9-10H,6-8H2,1-3H3,(H,13,18)(H,16,17)/b5-4+. The van der Waals surface area contributed by atoms with Gasteiger partial charge in [-0.15, -0.1) is 0 Å².